The van der Waals surface area contributed by atoms with Crippen molar-refractivity contribution in [3.63, 3.8) is 0 Å². The van der Waals surface area contributed by atoms with Crippen LogP contribution >= 0.6 is 0 Å². The van der Waals surface area contributed by atoms with Gasteiger partial charge in [-0.2, -0.15) is 5.10 Å². The Bertz CT molecular complexity index is 672. The third kappa shape index (κ3) is 2.05. The van der Waals surface area contributed by atoms with Gasteiger partial charge in [-0.05, 0) is 38.3 Å². The van der Waals surface area contributed by atoms with Crippen molar-refractivity contribution < 1.29 is 4.79 Å². The lowest BCUT2D eigenvalue weighted by Crippen LogP contribution is -2.14. The van der Waals surface area contributed by atoms with E-state index >= 15 is 0 Å². The van der Waals surface area contributed by atoms with Crippen LogP contribution in [0.25, 0.3) is 0 Å². The molecule has 3 rings (SSSR count). The molecule has 1 unspecified atom stereocenters. The van der Waals surface area contributed by atoms with Gasteiger partial charge in [0.1, 0.15) is 5.78 Å². The van der Waals surface area contributed by atoms with E-state index in [1.165, 1.54) is 5.56 Å². The summed E-state index contributed by atoms with van der Waals surface area (Å²) in [5, 5.41) is 4.38. The molecule has 1 atom stereocenters. The van der Waals surface area contributed by atoms with E-state index in [-0.39, 0.29) is 11.7 Å². The second-order valence-corrected chi connectivity index (χ2v) is 5.56. The van der Waals surface area contributed by atoms with Crippen molar-refractivity contribution in [3.8, 4) is 0 Å². The number of ketones is 1. The minimum absolute atomic E-state index is 0.0368. The molecule has 20 heavy (non-hydrogen) atoms. The zero-order valence-electron chi connectivity index (χ0n) is 12.2. The van der Waals surface area contributed by atoms with Crippen LogP contribution in [0.2, 0.25) is 0 Å². The first kappa shape index (κ1) is 13.0. The first-order chi connectivity index (χ1) is 9.58. The first-order valence-corrected chi connectivity index (χ1v) is 7.03. The molecule has 0 aliphatic heterocycles. The maximum absolute atomic E-state index is 12.6. The van der Waals surface area contributed by atoms with Gasteiger partial charge in [-0.3, -0.25) is 14.5 Å². The van der Waals surface area contributed by atoms with Crippen molar-refractivity contribution in [2.75, 3.05) is 0 Å². The number of carbonyl (C=O) groups is 1. The van der Waals surface area contributed by atoms with Crippen LogP contribution in [0.1, 0.15) is 40.5 Å². The summed E-state index contributed by atoms with van der Waals surface area (Å²) in [7, 11) is 1.92. The number of fused-ring (bicyclic) bond motifs is 1. The Morgan fingerprint density at radius 3 is 2.95 bits per heavy atom. The van der Waals surface area contributed by atoms with E-state index < -0.39 is 0 Å². The average molecular weight is 269 g/mol. The fourth-order valence-electron chi connectivity index (χ4n) is 3.10. The van der Waals surface area contributed by atoms with Crippen molar-refractivity contribution in [3.05, 3.63) is 46.5 Å². The third-order valence-corrected chi connectivity index (χ3v) is 4.36. The number of aromatic nitrogens is 3. The number of carbonyl (C=O) groups excluding carboxylic acids is 1. The average Bonchev–Trinajstić information content (AvgIpc) is 2.96. The molecule has 0 saturated heterocycles. The van der Waals surface area contributed by atoms with Crippen LogP contribution in [0.15, 0.2) is 18.3 Å². The second kappa shape index (κ2) is 4.85. The predicted molar refractivity (Wildman–Crippen MR) is 76.7 cm³/mol. The molecule has 2 aromatic heterocycles. The number of Topliss-reactive ketones (excluding diaryl/α,β-unsaturated/α-hetero) is 1. The quantitative estimate of drug-likeness (QED) is 0.858. The lowest BCUT2D eigenvalue weighted by molar-refractivity contribution is -0.119. The van der Waals surface area contributed by atoms with Crippen molar-refractivity contribution in [1.29, 1.82) is 0 Å². The molecule has 0 N–H and O–H groups in total. The summed E-state index contributed by atoms with van der Waals surface area (Å²) in [6.07, 6.45) is 4.10. The summed E-state index contributed by atoms with van der Waals surface area (Å²) in [5.74, 6) is 0.229. The van der Waals surface area contributed by atoms with E-state index in [4.69, 9.17) is 0 Å². The van der Waals surface area contributed by atoms with E-state index in [2.05, 4.69) is 16.1 Å². The highest BCUT2D eigenvalue weighted by atomic mass is 16.1. The van der Waals surface area contributed by atoms with Crippen molar-refractivity contribution in [2.24, 2.45) is 7.05 Å². The Morgan fingerprint density at radius 2 is 2.25 bits per heavy atom. The predicted octanol–water partition coefficient (Wildman–Crippen LogP) is 2.27. The first-order valence-electron chi connectivity index (χ1n) is 7.03. The standard InChI is InChI=1S/C16H19N3O/c1-10-14(11(2)19(3)18-10)9-15(20)13-7-6-12-5-4-8-17-16(12)13/h4-5,8,13H,6-7,9H2,1-3H3. The number of rotatable bonds is 3. The van der Waals surface area contributed by atoms with Gasteiger partial charge in [0.15, 0.2) is 0 Å². The molecule has 0 amide bonds. The fourth-order valence-corrected chi connectivity index (χ4v) is 3.10. The Balaban J connectivity index is 1.85. The molecule has 0 radical (unpaired) electrons. The molecular formula is C16H19N3O. The van der Waals surface area contributed by atoms with E-state index in [0.717, 1.165) is 35.5 Å². The topological polar surface area (TPSA) is 47.8 Å². The van der Waals surface area contributed by atoms with Gasteiger partial charge in [0.05, 0.1) is 17.3 Å². The summed E-state index contributed by atoms with van der Waals surface area (Å²) >= 11 is 0. The molecule has 0 spiro atoms. The van der Waals surface area contributed by atoms with Gasteiger partial charge in [0.25, 0.3) is 0 Å². The van der Waals surface area contributed by atoms with Crippen molar-refractivity contribution >= 4 is 5.78 Å². The van der Waals surface area contributed by atoms with Crippen molar-refractivity contribution in [1.82, 2.24) is 14.8 Å². The van der Waals surface area contributed by atoms with E-state index in [9.17, 15) is 4.79 Å². The highest BCUT2D eigenvalue weighted by Gasteiger charge is 2.30. The summed E-state index contributed by atoms with van der Waals surface area (Å²) in [5.41, 5.74) is 5.32. The van der Waals surface area contributed by atoms with Gasteiger partial charge in [-0.1, -0.05) is 6.07 Å². The smallest absolute Gasteiger partial charge is 0.146 e. The van der Waals surface area contributed by atoms with Gasteiger partial charge in [-0.15, -0.1) is 0 Å². The molecule has 2 aromatic rings. The van der Waals surface area contributed by atoms with E-state index in [1.54, 1.807) is 6.20 Å². The number of nitrogens with zero attached hydrogens (tertiary/aromatic N) is 3. The fraction of sp³-hybridized carbons (Fsp3) is 0.438. The minimum Gasteiger partial charge on any atom is -0.299 e. The molecule has 0 fully saturated rings. The van der Waals surface area contributed by atoms with E-state index in [1.807, 2.05) is 31.6 Å². The SMILES string of the molecule is Cc1nn(C)c(C)c1CC(=O)C1CCc2cccnc21. The molecule has 4 heteroatoms. The largest absolute Gasteiger partial charge is 0.299 e. The van der Waals surface area contributed by atoms with Gasteiger partial charge < -0.3 is 0 Å². The molecular weight excluding hydrogens is 250 g/mol. The van der Waals surface area contributed by atoms with Gasteiger partial charge in [0, 0.05) is 30.9 Å². The second-order valence-electron chi connectivity index (χ2n) is 5.56. The van der Waals surface area contributed by atoms with Crippen LogP contribution in [-0.4, -0.2) is 20.5 Å². The van der Waals surface area contributed by atoms with Gasteiger partial charge >= 0.3 is 0 Å². The normalized spacial score (nSPS) is 17.2. The highest BCUT2D eigenvalue weighted by molar-refractivity contribution is 5.88. The Morgan fingerprint density at radius 1 is 1.45 bits per heavy atom. The zero-order valence-corrected chi connectivity index (χ0v) is 12.2. The molecule has 2 heterocycles. The molecule has 104 valence electrons. The Hall–Kier alpha value is -1.97. The molecule has 1 aliphatic rings. The lowest BCUT2D eigenvalue weighted by Gasteiger charge is -2.09. The Labute approximate surface area is 118 Å². The van der Waals surface area contributed by atoms with Crippen LogP contribution < -0.4 is 0 Å². The van der Waals surface area contributed by atoms with Crippen LogP contribution in [0, 0.1) is 13.8 Å². The molecule has 4 nitrogen and oxygen atoms in total. The molecule has 0 bridgehead atoms. The summed E-state index contributed by atoms with van der Waals surface area (Å²) in [6.45, 7) is 3.99. The summed E-state index contributed by atoms with van der Waals surface area (Å²) < 4.78 is 1.85. The number of pyridine rings is 1. The summed E-state index contributed by atoms with van der Waals surface area (Å²) in [4.78, 5) is 17.0. The van der Waals surface area contributed by atoms with Crippen LogP contribution in [0.3, 0.4) is 0 Å². The maximum Gasteiger partial charge on any atom is 0.146 e. The molecule has 1 aliphatic carbocycles. The van der Waals surface area contributed by atoms with Gasteiger partial charge in [-0.25, -0.2) is 0 Å². The third-order valence-electron chi connectivity index (χ3n) is 4.36. The monoisotopic (exact) mass is 269 g/mol. The van der Waals surface area contributed by atoms with Gasteiger partial charge in [0.2, 0.25) is 0 Å². The number of aryl methyl sites for hydroxylation is 3. The summed E-state index contributed by atoms with van der Waals surface area (Å²) in [6, 6.07) is 4.03. The highest BCUT2D eigenvalue weighted by Crippen LogP contribution is 2.33. The maximum atomic E-state index is 12.6. The zero-order chi connectivity index (χ0) is 14.3. The van der Waals surface area contributed by atoms with Crippen LogP contribution in [-0.2, 0) is 24.7 Å². The molecule has 0 aromatic carbocycles. The van der Waals surface area contributed by atoms with Crippen molar-refractivity contribution in [2.45, 2.75) is 39.0 Å². The van der Waals surface area contributed by atoms with Crippen LogP contribution in [0.4, 0.5) is 0 Å². The minimum atomic E-state index is -0.0368. The number of hydrogen-bond donors (Lipinski definition) is 0. The van der Waals surface area contributed by atoms with Crippen LogP contribution in [0.5, 0.6) is 0 Å². The number of hydrogen-bond acceptors (Lipinski definition) is 3. The van der Waals surface area contributed by atoms with E-state index in [0.29, 0.717) is 6.42 Å². The Kier molecular flexibility index (Phi) is 3.16. The lowest BCUT2D eigenvalue weighted by atomic mass is 9.95. The molecule has 0 saturated carbocycles.